The van der Waals surface area contributed by atoms with E-state index in [9.17, 15) is 9.59 Å². The van der Waals surface area contributed by atoms with Gasteiger partial charge in [-0.25, -0.2) is 0 Å². The Kier molecular flexibility index (Phi) is 5.28. The molecule has 0 aliphatic carbocycles. The van der Waals surface area contributed by atoms with E-state index in [0.29, 0.717) is 6.42 Å². The molecule has 0 rings (SSSR count). The zero-order chi connectivity index (χ0) is 9.56. The maximum absolute atomic E-state index is 10.7. The molecule has 0 aliphatic rings. The Balaban J connectivity index is 3.38. The van der Waals surface area contributed by atoms with Crippen LogP contribution in [-0.2, 0) is 14.3 Å². The SMILES string of the molecule is CC(=O)CC(=O)OCC[C@H](C)O. The van der Waals surface area contributed by atoms with Crippen LogP contribution in [0.2, 0.25) is 0 Å². The zero-order valence-corrected chi connectivity index (χ0v) is 7.37. The third-order valence-electron chi connectivity index (χ3n) is 1.19. The van der Waals surface area contributed by atoms with Crippen LogP contribution in [0, 0.1) is 0 Å². The van der Waals surface area contributed by atoms with Gasteiger partial charge in [0, 0.05) is 6.42 Å². The highest BCUT2D eigenvalue weighted by Gasteiger charge is 2.06. The summed E-state index contributed by atoms with van der Waals surface area (Å²) in [5.41, 5.74) is 0. The van der Waals surface area contributed by atoms with Crippen LogP contribution < -0.4 is 0 Å². The molecule has 0 radical (unpaired) electrons. The van der Waals surface area contributed by atoms with Crippen molar-refractivity contribution in [3.63, 3.8) is 0 Å². The Morgan fingerprint density at radius 1 is 1.50 bits per heavy atom. The van der Waals surface area contributed by atoms with Crippen molar-refractivity contribution in [2.45, 2.75) is 32.8 Å². The molecule has 0 aromatic carbocycles. The van der Waals surface area contributed by atoms with Crippen molar-refractivity contribution in [1.29, 1.82) is 0 Å². The largest absolute Gasteiger partial charge is 0.465 e. The summed E-state index contributed by atoms with van der Waals surface area (Å²) in [6, 6.07) is 0. The van der Waals surface area contributed by atoms with E-state index in [0.717, 1.165) is 0 Å². The molecule has 0 saturated carbocycles. The third kappa shape index (κ3) is 7.21. The monoisotopic (exact) mass is 174 g/mol. The van der Waals surface area contributed by atoms with Crippen molar-refractivity contribution < 1.29 is 19.4 Å². The fraction of sp³-hybridized carbons (Fsp3) is 0.750. The van der Waals surface area contributed by atoms with Gasteiger partial charge in [-0.05, 0) is 13.8 Å². The average molecular weight is 174 g/mol. The molecule has 0 bridgehead atoms. The number of hydrogen-bond donors (Lipinski definition) is 1. The van der Waals surface area contributed by atoms with Gasteiger partial charge in [0.05, 0.1) is 12.7 Å². The van der Waals surface area contributed by atoms with Gasteiger partial charge in [-0.3, -0.25) is 9.59 Å². The Bertz CT molecular complexity index is 162. The van der Waals surface area contributed by atoms with Gasteiger partial charge >= 0.3 is 5.97 Å². The first-order valence-corrected chi connectivity index (χ1v) is 3.85. The van der Waals surface area contributed by atoms with E-state index < -0.39 is 12.1 Å². The molecule has 0 amide bonds. The topological polar surface area (TPSA) is 63.6 Å². The molecule has 0 aromatic rings. The molecule has 1 N–H and O–H groups in total. The molecule has 0 aliphatic heterocycles. The number of carbonyl (C=O) groups is 2. The van der Waals surface area contributed by atoms with Crippen LogP contribution in [0.25, 0.3) is 0 Å². The first-order chi connectivity index (χ1) is 5.52. The molecular weight excluding hydrogens is 160 g/mol. The molecule has 0 spiro atoms. The van der Waals surface area contributed by atoms with Gasteiger partial charge in [0.1, 0.15) is 12.2 Å². The first kappa shape index (κ1) is 11.1. The Labute approximate surface area is 71.5 Å². The average Bonchev–Trinajstić information content (AvgIpc) is 1.84. The number of aliphatic hydroxyl groups is 1. The van der Waals surface area contributed by atoms with E-state index in [-0.39, 0.29) is 18.8 Å². The predicted octanol–water partition coefficient (Wildman–Crippen LogP) is 0.280. The number of ether oxygens (including phenoxy) is 1. The van der Waals surface area contributed by atoms with Crippen LogP contribution in [0.5, 0.6) is 0 Å². The molecule has 4 nitrogen and oxygen atoms in total. The molecule has 0 saturated heterocycles. The van der Waals surface area contributed by atoms with Gasteiger partial charge < -0.3 is 9.84 Å². The summed E-state index contributed by atoms with van der Waals surface area (Å²) in [7, 11) is 0. The predicted molar refractivity (Wildman–Crippen MR) is 42.6 cm³/mol. The van der Waals surface area contributed by atoms with Gasteiger partial charge in [0.25, 0.3) is 0 Å². The zero-order valence-electron chi connectivity index (χ0n) is 7.37. The van der Waals surface area contributed by atoms with E-state index in [1.165, 1.54) is 6.92 Å². The van der Waals surface area contributed by atoms with Crippen LogP contribution >= 0.6 is 0 Å². The lowest BCUT2D eigenvalue weighted by Gasteiger charge is -2.04. The van der Waals surface area contributed by atoms with E-state index in [4.69, 9.17) is 5.11 Å². The number of ketones is 1. The minimum Gasteiger partial charge on any atom is -0.465 e. The quantitative estimate of drug-likeness (QED) is 0.480. The number of carbonyl (C=O) groups excluding carboxylic acids is 2. The number of esters is 1. The molecule has 1 atom stereocenters. The lowest BCUT2D eigenvalue weighted by Crippen LogP contribution is -2.12. The van der Waals surface area contributed by atoms with Crippen LogP contribution in [-0.4, -0.2) is 29.6 Å². The third-order valence-corrected chi connectivity index (χ3v) is 1.19. The molecule has 0 fully saturated rings. The lowest BCUT2D eigenvalue weighted by molar-refractivity contribution is -0.146. The van der Waals surface area contributed by atoms with E-state index in [1.54, 1.807) is 6.92 Å². The normalized spacial score (nSPS) is 12.2. The first-order valence-electron chi connectivity index (χ1n) is 3.85. The van der Waals surface area contributed by atoms with Crippen LogP contribution in [0.1, 0.15) is 26.7 Å². The molecule has 0 unspecified atom stereocenters. The van der Waals surface area contributed by atoms with Crippen LogP contribution in [0.3, 0.4) is 0 Å². The molecular formula is C8H14O4. The standard InChI is InChI=1S/C8H14O4/c1-6(9)3-4-12-8(11)5-7(2)10/h6,9H,3-5H2,1-2H3/t6-/m0/s1. The van der Waals surface area contributed by atoms with E-state index >= 15 is 0 Å². The van der Waals surface area contributed by atoms with Crippen molar-refractivity contribution in [2.24, 2.45) is 0 Å². The highest BCUT2D eigenvalue weighted by atomic mass is 16.5. The van der Waals surface area contributed by atoms with Gasteiger partial charge in [-0.2, -0.15) is 0 Å². The fourth-order valence-electron chi connectivity index (χ4n) is 0.598. The number of Topliss-reactive ketones (excluding diaryl/α,β-unsaturated/α-hetero) is 1. The van der Waals surface area contributed by atoms with E-state index in [2.05, 4.69) is 4.74 Å². The minimum atomic E-state index is -0.525. The van der Waals surface area contributed by atoms with Crippen LogP contribution in [0.4, 0.5) is 0 Å². The van der Waals surface area contributed by atoms with Gasteiger partial charge in [0.2, 0.25) is 0 Å². The summed E-state index contributed by atoms with van der Waals surface area (Å²) in [6.07, 6.45) is -0.251. The van der Waals surface area contributed by atoms with Crippen molar-refractivity contribution in [1.82, 2.24) is 0 Å². The lowest BCUT2D eigenvalue weighted by atomic mass is 10.3. The van der Waals surface area contributed by atoms with Crippen molar-refractivity contribution >= 4 is 11.8 Å². The molecule has 70 valence electrons. The smallest absolute Gasteiger partial charge is 0.313 e. The number of rotatable bonds is 5. The Morgan fingerprint density at radius 2 is 2.08 bits per heavy atom. The maximum atomic E-state index is 10.7. The second-order valence-electron chi connectivity index (χ2n) is 2.74. The second-order valence-corrected chi connectivity index (χ2v) is 2.74. The summed E-state index contributed by atoms with van der Waals surface area (Å²) < 4.78 is 4.64. The maximum Gasteiger partial charge on any atom is 0.313 e. The summed E-state index contributed by atoms with van der Waals surface area (Å²) >= 11 is 0. The van der Waals surface area contributed by atoms with Gasteiger partial charge in [-0.15, -0.1) is 0 Å². The Hall–Kier alpha value is -0.900. The molecule has 0 aromatic heterocycles. The number of hydrogen-bond acceptors (Lipinski definition) is 4. The highest BCUT2D eigenvalue weighted by molar-refractivity contribution is 5.94. The molecule has 4 heteroatoms. The molecule has 0 heterocycles. The summed E-state index contributed by atoms with van der Waals surface area (Å²) in [5, 5.41) is 8.79. The summed E-state index contributed by atoms with van der Waals surface area (Å²) in [4.78, 5) is 21.1. The number of aliphatic hydroxyl groups excluding tert-OH is 1. The van der Waals surface area contributed by atoms with Crippen LogP contribution in [0.15, 0.2) is 0 Å². The van der Waals surface area contributed by atoms with Crippen molar-refractivity contribution in [3.05, 3.63) is 0 Å². The summed E-state index contributed by atoms with van der Waals surface area (Å²) in [6.45, 7) is 3.11. The molecule has 12 heavy (non-hydrogen) atoms. The fourth-order valence-corrected chi connectivity index (χ4v) is 0.598. The van der Waals surface area contributed by atoms with Gasteiger partial charge in [-0.1, -0.05) is 0 Å². The van der Waals surface area contributed by atoms with Crippen molar-refractivity contribution in [3.8, 4) is 0 Å². The van der Waals surface area contributed by atoms with E-state index in [1.807, 2.05) is 0 Å². The highest BCUT2D eigenvalue weighted by Crippen LogP contribution is 1.93. The Morgan fingerprint density at radius 3 is 2.50 bits per heavy atom. The van der Waals surface area contributed by atoms with Crippen molar-refractivity contribution in [2.75, 3.05) is 6.61 Å². The summed E-state index contributed by atoms with van der Waals surface area (Å²) in [5.74, 6) is -0.736. The van der Waals surface area contributed by atoms with Gasteiger partial charge in [0.15, 0.2) is 0 Å². The second kappa shape index (κ2) is 5.71. The minimum absolute atomic E-state index is 0.170.